The molecule has 0 rings (SSSR count). The first-order chi connectivity index (χ1) is 5.30. The van der Waals surface area contributed by atoms with Gasteiger partial charge in [0.1, 0.15) is 6.04 Å². The molecule has 0 aliphatic heterocycles. The Morgan fingerprint density at radius 1 is 1.42 bits per heavy atom. The fourth-order valence-electron chi connectivity index (χ4n) is 1.54. The van der Waals surface area contributed by atoms with Gasteiger partial charge in [-0.25, -0.2) is 0 Å². The van der Waals surface area contributed by atoms with Crippen LogP contribution >= 0.6 is 0 Å². The molecule has 72 valence electrons. The minimum atomic E-state index is -0.947. The molecule has 2 atom stereocenters. The average molecular weight is 173 g/mol. The smallest absolute Gasteiger partial charge is 0.131 e. The summed E-state index contributed by atoms with van der Waals surface area (Å²) in [6, 6.07) is -0.407. The van der Waals surface area contributed by atoms with Gasteiger partial charge in [-0.3, -0.25) is 0 Å². The van der Waals surface area contributed by atoms with Crippen molar-refractivity contribution in [3.63, 3.8) is 0 Å². The van der Waals surface area contributed by atoms with Gasteiger partial charge >= 0.3 is 0 Å². The zero-order valence-electron chi connectivity index (χ0n) is 8.63. The highest BCUT2D eigenvalue weighted by molar-refractivity contribution is 5.70. The summed E-state index contributed by atoms with van der Waals surface area (Å²) in [6.07, 6.45) is 0.869. The number of carboxylic acids is 1. The third kappa shape index (κ3) is 2.81. The fraction of sp³-hybridized carbons (Fsp3) is 0.889. The lowest BCUT2D eigenvalue weighted by atomic mass is 9.97. The summed E-state index contributed by atoms with van der Waals surface area (Å²) in [6.45, 7) is 3.94. The molecule has 0 aromatic rings. The molecule has 0 heterocycles. The van der Waals surface area contributed by atoms with Crippen LogP contribution in [0.15, 0.2) is 0 Å². The highest BCUT2D eigenvalue weighted by atomic mass is 16.4. The Labute approximate surface area is 74.6 Å². The average Bonchev–Trinajstić information content (AvgIpc) is 1.83. The lowest BCUT2D eigenvalue weighted by Crippen LogP contribution is -2.57. The van der Waals surface area contributed by atoms with Crippen LogP contribution in [-0.4, -0.2) is 37.6 Å². The van der Waals surface area contributed by atoms with E-state index in [1.165, 1.54) is 0 Å². The third-order valence-electron chi connectivity index (χ3n) is 2.26. The van der Waals surface area contributed by atoms with Crippen LogP contribution < -0.4 is 5.11 Å². The molecule has 0 aromatic carbocycles. The maximum absolute atomic E-state index is 10.8. The maximum atomic E-state index is 10.8. The van der Waals surface area contributed by atoms with Crippen molar-refractivity contribution in [3.05, 3.63) is 0 Å². The SMILES string of the molecule is CCC(C)C(C(=O)[O-])[N+](C)(C)C. The van der Waals surface area contributed by atoms with E-state index in [0.29, 0.717) is 4.48 Å². The predicted octanol–water partition coefficient (Wildman–Crippen LogP) is -0.143. The molecule has 0 saturated carbocycles. The highest BCUT2D eigenvalue weighted by Gasteiger charge is 2.29. The summed E-state index contributed by atoms with van der Waals surface area (Å²) in [7, 11) is 5.64. The van der Waals surface area contributed by atoms with Gasteiger partial charge in [0, 0.05) is 5.92 Å². The van der Waals surface area contributed by atoms with Gasteiger partial charge in [0.2, 0.25) is 0 Å². The summed E-state index contributed by atoms with van der Waals surface area (Å²) < 4.78 is 0.428. The van der Waals surface area contributed by atoms with Crippen LogP contribution in [-0.2, 0) is 4.79 Å². The molecule has 0 bridgehead atoms. The van der Waals surface area contributed by atoms with E-state index >= 15 is 0 Å². The molecule has 3 nitrogen and oxygen atoms in total. The number of hydrogen-bond donors (Lipinski definition) is 0. The molecule has 0 aromatic heterocycles. The van der Waals surface area contributed by atoms with Crippen molar-refractivity contribution in [3.8, 4) is 0 Å². The number of hydrogen-bond acceptors (Lipinski definition) is 2. The van der Waals surface area contributed by atoms with Crippen LogP contribution in [0, 0.1) is 5.92 Å². The first-order valence-corrected chi connectivity index (χ1v) is 4.32. The van der Waals surface area contributed by atoms with Gasteiger partial charge in [-0.1, -0.05) is 13.8 Å². The van der Waals surface area contributed by atoms with Crippen molar-refractivity contribution < 1.29 is 14.4 Å². The van der Waals surface area contributed by atoms with E-state index in [-0.39, 0.29) is 5.92 Å². The normalized spacial score (nSPS) is 17.1. The van der Waals surface area contributed by atoms with Crippen LogP contribution in [0.1, 0.15) is 20.3 Å². The van der Waals surface area contributed by atoms with E-state index < -0.39 is 12.0 Å². The second-order valence-electron chi connectivity index (χ2n) is 4.27. The van der Waals surface area contributed by atoms with E-state index in [4.69, 9.17) is 0 Å². The number of carboxylic acid groups (broad SMARTS) is 1. The van der Waals surface area contributed by atoms with E-state index in [9.17, 15) is 9.90 Å². The van der Waals surface area contributed by atoms with E-state index in [1.807, 2.05) is 35.0 Å². The lowest BCUT2D eigenvalue weighted by Gasteiger charge is -2.38. The number of nitrogens with zero attached hydrogens (tertiary/aromatic N) is 1. The van der Waals surface area contributed by atoms with Crippen LogP contribution in [0.5, 0.6) is 0 Å². The van der Waals surface area contributed by atoms with Gasteiger partial charge in [-0.15, -0.1) is 0 Å². The summed E-state index contributed by atoms with van der Waals surface area (Å²) in [4.78, 5) is 10.8. The fourth-order valence-corrected chi connectivity index (χ4v) is 1.54. The van der Waals surface area contributed by atoms with Gasteiger partial charge in [0.15, 0.2) is 0 Å². The van der Waals surface area contributed by atoms with Gasteiger partial charge in [-0.2, -0.15) is 0 Å². The van der Waals surface area contributed by atoms with E-state index in [2.05, 4.69) is 0 Å². The molecule has 0 fully saturated rings. The van der Waals surface area contributed by atoms with Crippen LogP contribution in [0.4, 0.5) is 0 Å². The first-order valence-electron chi connectivity index (χ1n) is 4.32. The summed E-state index contributed by atoms with van der Waals surface area (Å²) in [5, 5.41) is 10.8. The number of carbonyl (C=O) groups excluding carboxylic acids is 1. The van der Waals surface area contributed by atoms with Crippen molar-refractivity contribution in [1.82, 2.24) is 0 Å². The number of likely N-dealkylation sites (N-methyl/N-ethyl adjacent to an activating group) is 1. The standard InChI is InChI=1S/C9H19NO2/c1-6-7(2)8(9(11)12)10(3,4)5/h7-8H,6H2,1-5H3. The molecule has 0 spiro atoms. The molecule has 0 N–H and O–H groups in total. The second kappa shape index (κ2) is 3.90. The van der Waals surface area contributed by atoms with Crippen molar-refractivity contribution in [1.29, 1.82) is 0 Å². The molecule has 3 heteroatoms. The number of rotatable bonds is 4. The maximum Gasteiger partial charge on any atom is 0.131 e. The highest BCUT2D eigenvalue weighted by Crippen LogP contribution is 2.16. The third-order valence-corrected chi connectivity index (χ3v) is 2.26. The molecule has 12 heavy (non-hydrogen) atoms. The topological polar surface area (TPSA) is 40.1 Å². The molecule has 2 unspecified atom stereocenters. The predicted molar refractivity (Wildman–Crippen MR) is 46.3 cm³/mol. The largest absolute Gasteiger partial charge is 0.544 e. The van der Waals surface area contributed by atoms with Gasteiger partial charge in [-0.05, 0) is 6.42 Å². The van der Waals surface area contributed by atoms with Gasteiger partial charge < -0.3 is 14.4 Å². The lowest BCUT2D eigenvalue weighted by molar-refractivity contribution is -0.893. The van der Waals surface area contributed by atoms with Crippen LogP contribution in [0.2, 0.25) is 0 Å². The Morgan fingerprint density at radius 3 is 1.92 bits per heavy atom. The molecule has 0 radical (unpaired) electrons. The van der Waals surface area contributed by atoms with Gasteiger partial charge in [0.05, 0.1) is 27.1 Å². The van der Waals surface area contributed by atoms with Crippen LogP contribution in [0.25, 0.3) is 0 Å². The molecule has 0 aliphatic rings. The first kappa shape index (κ1) is 11.4. The van der Waals surface area contributed by atoms with Crippen molar-refractivity contribution in [2.45, 2.75) is 26.3 Å². The Kier molecular flexibility index (Phi) is 3.71. The monoisotopic (exact) mass is 173 g/mol. The second-order valence-corrected chi connectivity index (χ2v) is 4.27. The zero-order valence-corrected chi connectivity index (χ0v) is 8.63. The molecule has 0 saturated heterocycles. The number of carbonyl (C=O) groups is 1. The van der Waals surface area contributed by atoms with Crippen molar-refractivity contribution >= 4 is 5.97 Å². The van der Waals surface area contributed by atoms with Gasteiger partial charge in [0.25, 0.3) is 0 Å². The number of quaternary nitrogens is 1. The Bertz CT molecular complexity index is 160. The Hall–Kier alpha value is -0.570. The van der Waals surface area contributed by atoms with Crippen LogP contribution in [0.3, 0.4) is 0 Å². The number of aliphatic carboxylic acids is 1. The van der Waals surface area contributed by atoms with E-state index in [1.54, 1.807) is 0 Å². The quantitative estimate of drug-likeness (QED) is 0.555. The zero-order chi connectivity index (χ0) is 9.94. The Morgan fingerprint density at radius 2 is 1.83 bits per heavy atom. The van der Waals surface area contributed by atoms with E-state index in [0.717, 1.165) is 6.42 Å². The van der Waals surface area contributed by atoms with Crippen molar-refractivity contribution in [2.75, 3.05) is 21.1 Å². The van der Waals surface area contributed by atoms with Crippen molar-refractivity contribution in [2.24, 2.45) is 5.92 Å². The summed E-state index contributed by atoms with van der Waals surface area (Å²) in [5.41, 5.74) is 0. The Balaban J connectivity index is 4.56. The minimum absolute atomic E-state index is 0.162. The molecular formula is C9H19NO2. The molecule has 0 aliphatic carbocycles. The summed E-state index contributed by atoms with van der Waals surface area (Å²) >= 11 is 0. The molecular weight excluding hydrogens is 154 g/mol. The molecule has 0 amide bonds. The minimum Gasteiger partial charge on any atom is -0.544 e. The summed E-state index contributed by atoms with van der Waals surface area (Å²) in [5.74, 6) is -0.785.